The van der Waals surface area contributed by atoms with Gasteiger partial charge in [0.05, 0.1) is 29.1 Å². The van der Waals surface area contributed by atoms with Crippen molar-refractivity contribution in [3.63, 3.8) is 0 Å². The Labute approximate surface area is 207 Å². The number of benzene rings is 2. The number of anilines is 2. The molecule has 172 valence electrons. The quantitative estimate of drug-likeness (QED) is 0.223. The lowest BCUT2D eigenvalue weighted by Gasteiger charge is -2.12. The molecule has 0 amide bonds. The van der Waals surface area contributed by atoms with Crippen LogP contribution < -0.4 is 10.5 Å². The van der Waals surface area contributed by atoms with Crippen molar-refractivity contribution in [1.29, 1.82) is 0 Å². The Bertz CT molecular complexity index is 1510. The summed E-state index contributed by atoms with van der Waals surface area (Å²) in [6, 6.07) is 8.13. The number of halogens is 3. The molecular weight excluding hydrogens is 500 g/mol. The molecular formula is C22H16Cl2FN7OS. The standard InChI is InChI=1S/C22H16Cl2FN7OS/c23-13-6-11(10-33)17(24)16(7-13)34-31-15-3-1-2-14(18(15)25)19-20-21(26)27-4-5-32(20)22(30-19)12-8-28-29-9-12/h1-9,31,33H,10H2,(H2,26,27)(H,28,29). The first-order valence-electron chi connectivity index (χ1n) is 9.90. The molecule has 0 fully saturated rings. The molecule has 0 atom stereocenters. The van der Waals surface area contributed by atoms with Crippen molar-refractivity contribution in [2.24, 2.45) is 0 Å². The second kappa shape index (κ2) is 9.15. The van der Waals surface area contributed by atoms with Gasteiger partial charge in [-0.3, -0.25) is 9.50 Å². The van der Waals surface area contributed by atoms with E-state index in [2.05, 4.69) is 24.9 Å². The van der Waals surface area contributed by atoms with Crippen LogP contribution in [0.3, 0.4) is 0 Å². The minimum atomic E-state index is -0.530. The van der Waals surface area contributed by atoms with Crippen molar-refractivity contribution in [2.45, 2.75) is 11.5 Å². The number of aliphatic hydroxyl groups excluding tert-OH is 1. The fraction of sp³-hybridized carbons (Fsp3) is 0.0455. The van der Waals surface area contributed by atoms with Crippen LogP contribution in [0.15, 0.2) is 60.0 Å². The van der Waals surface area contributed by atoms with Crippen LogP contribution in [0.25, 0.3) is 28.2 Å². The Morgan fingerprint density at radius 1 is 1.26 bits per heavy atom. The molecule has 3 aromatic heterocycles. The van der Waals surface area contributed by atoms with E-state index in [1.54, 1.807) is 59.5 Å². The van der Waals surface area contributed by atoms with Crippen LogP contribution >= 0.6 is 35.1 Å². The van der Waals surface area contributed by atoms with Crippen LogP contribution in [0.5, 0.6) is 0 Å². The zero-order valence-electron chi connectivity index (χ0n) is 17.3. The molecule has 0 unspecified atom stereocenters. The first-order valence-corrected chi connectivity index (χ1v) is 11.5. The van der Waals surface area contributed by atoms with Crippen molar-refractivity contribution < 1.29 is 9.50 Å². The molecule has 8 nitrogen and oxygen atoms in total. The van der Waals surface area contributed by atoms with Crippen molar-refractivity contribution in [3.8, 4) is 22.6 Å². The van der Waals surface area contributed by atoms with E-state index in [4.69, 9.17) is 28.9 Å². The molecule has 0 aliphatic rings. The molecule has 3 heterocycles. The first kappa shape index (κ1) is 22.5. The van der Waals surface area contributed by atoms with Crippen molar-refractivity contribution in [3.05, 3.63) is 76.5 Å². The topological polar surface area (TPSA) is 117 Å². The summed E-state index contributed by atoms with van der Waals surface area (Å²) in [4.78, 5) is 9.38. The van der Waals surface area contributed by atoms with Gasteiger partial charge in [0.25, 0.3) is 0 Å². The van der Waals surface area contributed by atoms with E-state index < -0.39 is 5.82 Å². The molecule has 5 N–H and O–H groups in total. The number of nitrogens with zero attached hydrogens (tertiary/aromatic N) is 4. The number of aromatic amines is 1. The third-order valence-corrected chi connectivity index (χ3v) is 6.75. The first-order chi connectivity index (χ1) is 16.5. The fourth-order valence-electron chi connectivity index (χ4n) is 3.54. The largest absolute Gasteiger partial charge is 0.392 e. The molecule has 34 heavy (non-hydrogen) atoms. The zero-order chi connectivity index (χ0) is 23.8. The Kier molecular flexibility index (Phi) is 6.05. The SMILES string of the molecule is Nc1nccn2c(-c3cn[nH]c3)nc(-c3cccc(NSc4cc(Cl)cc(CO)c4Cl)c3F)c12. The Morgan fingerprint density at radius 2 is 2.12 bits per heavy atom. The number of hydrogen-bond acceptors (Lipinski definition) is 7. The lowest BCUT2D eigenvalue weighted by molar-refractivity contribution is 0.281. The van der Waals surface area contributed by atoms with E-state index in [0.717, 1.165) is 11.9 Å². The van der Waals surface area contributed by atoms with Gasteiger partial charge in [0.1, 0.15) is 22.9 Å². The van der Waals surface area contributed by atoms with Gasteiger partial charge >= 0.3 is 0 Å². The molecule has 0 aliphatic heterocycles. The molecule has 5 rings (SSSR count). The number of nitrogen functional groups attached to an aromatic ring is 1. The third kappa shape index (κ3) is 3.94. The summed E-state index contributed by atoms with van der Waals surface area (Å²) in [6.45, 7) is -0.265. The number of nitrogens with two attached hydrogens (primary N) is 1. The van der Waals surface area contributed by atoms with Crippen LogP contribution in [-0.4, -0.2) is 29.7 Å². The molecule has 5 aromatic rings. The highest BCUT2D eigenvalue weighted by Crippen LogP contribution is 2.38. The van der Waals surface area contributed by atoms with Gasteiger partial charge in [-0.25, -0.2) is 14.4 Å². The minimum absolute atomic E-state index is 0.206. The lowest BCUT2D eigenvalue weighted by Crippen LogP contribution is -1.98. The Hall–Kier alpha value is -3.31. The summed E-state index contributed by atoms with van der Waals surface area (Å²) < 4.78 is 20.4. The summed E-state index contributed by atoms with van der Waals surface area (Å²) >= 11 is 13.5. The number of H-pyrrole nitrogens is 1. The highest BCUT2D eigenvalue weighted by atomic mass is 35.5. The van der Waals surface area contributed by atoms with Gasteiger partial charge in [-0.05, 0) is 41.8 Å². The molecule has 12 heteroatoms. The second-order valence-corrected chi connectivity index (χ2v) is 8.87. The van der Waals surface area contributed by atoms with Crippen molar-refractivity contribution >= 4 is 52.2 Å². The predicted octanol–water partition coefficient (Wildman–Crippen LogP) is 5.43. The number of hydrogen-bond donors (Lipinski definition) is 4. The minimum Gasteiger partial charge on any atom is -0.392 e. The van der Waals surface area contributed by atoms with Gasteiger partial charge in [-0.2, -0.15) is 5.10 Å². The van der Waals surface area contributed by atoms with Crippen LogP contribution in [-0.2, 0) is 6.61 Å². The van der Waals surface area contributed by atoms with Gasteiger partial charge in [-0.15, -0.1) is 0 Å². The van der Waals surface area contributed by atoms with Gasteiger partial charge in [0.15, 0.2) is 5.82 Å². The van der Waals surface area contributed by atoms with E-state index in [9.17, 15) is 5.11 Å². The Morgan fingerprint density at radius 3 is 2.88 bits per heavy atom. The normalized spacial score (nSPS) is 11.3. The molecule has 0 radical (unpaired) electrons. The number of rotatable bonds is 6. The van der Waals surface area contributed by atoms with E-state index in [-0.39, 0.29) is 23.7 Å². The maximum absolute atomic E-state index is 15.7. The maximum Gasteiger partial charge on any atom is 0.156 e. The number of nitrogens with one attached hydrogen (secondary N) is 2. The predicted molar refractivity (Wildman–Crippen MR) is 132 cm³/mol. The van der Waals surface area contributed by atoms with Gasteiger partial charge in [0, 0.05) is 34.1 Å². The van der Waals surface area contributed by atoms with Gasteiger partial charge in [-0.1, -0.05) is 29.3 Å². The highest BCUT2D eigenvalue weighted by molar-refractivity contribution is 8.00. The Balaban J connectivity index is 1.56. The number of aliphatic hydroxyl groups is 1. The van der Waals surface area contributed by atoms with Gasteiger partial charge in [0.2, 0.25) is 0 Å². The van der Waals surface area contributed by atoms with E-state index >= 15 is 4.39 Å². The molecule has 0 saturated heterocycles. The molecule has 2 aromatic carbocycles. The second-order valence-electron chi connectivity index (χ2n) is 7.21. The van der Waals surface area contributed by atoms with Gasteiger partial charge < -0.3 is 15.6 Å². The number of fused-ring (bicyclic) bond motifs is 1. The monoisotopic (exact) mass is 515 g/mol. The van der Waals surface area contributed by atoms with Crippen LogP contribution in [0.2, 0.25) is 10.0 Å². The van der Waals surface area contributed by atoms with E-state index in [1.807, 2.05) is 0 Å². The average Bonchev–Trinajstić information content (AvgIpc) is 3.49. The molecule has 0 saturated carbocycles. The molecule has 0 spiro atoms. The summed E-state index contributed by atoms with van der Waals surface area (Å²) in [7, 11) is 0. The number of aromatic nitrogens is 5. The van der Waals surface area contributed by atoms with Crippen LogP contribution in [0.4, 0.5) is 15.9 Å². The van der Waals surface area contributed by atoms with Crippen LogP contribution in [0, 0.1) is 5.82 Å². The van der Waals surface area contributed by atoms with E-state index in [0.29, 0.717) is 43.1 Å². The summed E-state index contributed by atoms with van der Waals surface area (Å²) in [5.41, 5.74) is 8.62. The smallest absolute Gasteiger partial charge is 0.156 e. The summed E-state index contributed by atoms with van der Waals surface area (Å²) in [5, 5.41) is 16.9. The lowest BCUT2D eigenvalue weighted by atomic mass is 10.1. The van der Waals surface area contributed by atoms with E-state index in [1.165, 1.54) is 0 Å². The highest BCUT2D eigenvalue weighted by Gasteiger charge is 2.21. The summed E-state index contributed by atoms with van der Waals surface area (Å²) in [6.07, 6.45) is 6.57. The fourth-order valence-corrected chi connectivity index (χ4v) is 4.91. The molecule has 0 aliphatic carbocycles. The zero-order valence-corrected chi connectivity index (χ0v) is 19.6. The summed E-state index contributed by atoms with van der Waals surface area (Å²) in [5.74, 6) is 0.230. The molecule has 0 bridgehead atoms. The maximum atomic E-state index is 15.7. The number of imidazole rings is 1. The van der Waals surface area contributed by atoms with Crippen molar-refractivity contribution in [1.82, 2.24) is 24.6 Å². The van der Waals surface area contributed by atoms with Crippen molar-refractivity contribution in [2.75, 3.05) is 10.5 Å². The average molecular weight is 516 g/mol. The third-order valence-electron chi connectivity index (χ3n) is 5.11. The van der Waals surface area contributed by atoms with Crippen LogP contribution in [0.1, 0.15) is 5.56 Å².